The normalized spacial score (nSPS) is 27.3. The number of ether oxygens (including phenoxy) is 1. The Morgan fingerprint density at radius 3 is 2.65 bits per heavy atom. The molecule has 122 valence electrons. The Morgan fingerprint density at radius 1 is 1.13 bits per heavy atom. The number of hydrogen-bond acceptors (Lipinski definition) is 6. The maximum absolute atomic E-state index is 11.6. The minimum Gasteiger partial charge on any atom is -0.483 e. The molecule has 1 aromatic carbocycles. The molecule has 0 saturated heterocycles. The molecule has 6 nitrogen and oxygen atoms in total. The van der Waals surface area contributed by atoms with E-state index in [1.807, 2.05) is 6.92 Å². The maximum atomic E-state index is 11.6. The van der Waals surface area contributed by atoms with Gasteiger partial charge in [0.05, 0.1) is 0 Å². The fourth-order valence-corrected chi connectivity index (χ4v) is 2.69. The molecule has 0 fully saturated rings. The molecule has 4 unspecified atom stereocenters. The third-order valence-electron chi connectivity index (χ3n) is 3.99. The Morgan fingerprint density at radius 2 is 1.91 bits per heavy atom. The van der Waals surface area contributed by atoms with E-state index < -0.39 is 30.0 Å². The number of aliphatic hydroxyl groups is 3. The first kappa shape index (κ1) is 15.7. The van der Waals surface area contributed by atoms with Crippen LogP contribution in [0.5, 0.6) is 5.75 Å². The topological polar surface area (TPSA) is 100 Å². The first-order valence-electron chi connectivity index (χ1n) is 7.45. The van der Waals surface area contributed by atoms with Crippen molar-refractivity contribution in [2.45, 2.75) is 37.8 Å². The van der Waals surface area contributed by atoms with Crippen molar-refractivity contribution >= 4 is 11.0 Å². The van der Waals surface area contributed by atoms with E-state index in [1.165, 1.54) is 18.2 Å². The van der Waals surface area contributed by atoms with E-state index in [9.17, 15) is 20.1 Å². The predicted octanol–water partition coefficient (Wildman–Crippen LogP) is 0.755. The summed E-state index contributed by atoms with van der Waals surface area (Å²) in [6, 6.07) is 6.54. The fourth-order valence-electron chi connectivity index (χ4n) is 2.69. The molecular weight excluding hydrogens is 300 g/mol. The lowest BCUT2D eigenvalue weighted by molar-refractivity contribution is -0.0822. The highest BCUT2D eigenvalue weighted by molar-refractivity contribution is 5.81. The second-order valence-corrected chi connectivity index (χ2v) is 5.54. The van der Waals surface area contributed by atoms with Crippen LogP contribution in [0.2, 0.25) is 0 Å². The summed E-state index contributed by atoms with van der Waals surface area (Å²) >= 11 is 0. The summed E-state index contributed by atoms with van der Waals surface area (Å²) in [5.41, 5.74) is 0.864. The van der Waals surface area contributed by atoms with Crippen molar-refractivity contribution in [3.05, 3.63) is 52.4 Å². The van der Waals surface area contributed by atoms with Gasteiger partial charge < -0.3 is 24.5 Å². The van der Waals surface area contributed by atoms with E-state index in [0.717, 1.165) is 10.9 Å². The van der Waals surface area contributed by atoms with E-state index in [2.05, 4.69) is 0 Å². The first-order chi connectivity index (χ1) is 11.0. The standard InChI is InChI=1S/C17H18O6/c1-2-9-7-15(19)23-14-8-10(3-4-11(9)14)22-13-6-5-12(18)16(20)17(13)21/h3-8,12-13,16-18,20-21H,2H2,1H3. The van der Waals surface area contributed by atoms with Gasteiger partial charge in [-0.05, 0) is 30.2 Å². The van der Waals surface area contributed by atoms with Gasteiger partial charge in [0.1, 0.15) is 35.7 Å². The second-order valence-electron chi connectivity index (χ2n) is 5.54. The van der Waals surface area contributed by atoms with Crippen LogP contribution in [0.15, 0.2) is 45.6 Å². The second kappa shape index (κ2) is 6.16. The molecule has 0 bridgehead atoms. The summed E-state index contributed by atoms with van der Waals surface area (Å²) in [5.74, 6) is 0.395. The van der Waals surface area contributed by atoms with Crippen LogP contribution in [-0.4, -0.2) is 39.7 Å². The third kappa shape index (κ3) is 3.01. The van der Waals surface area contributed by atoms with Gasteiger partial charge in [0.25, 0.3) is 0 Å². The van der Waals surface area contributed by atoms with Crippen LogP contribution < -0.4 is 10.4 Å². The third-order valence-corrected chi connectivity index (χ3v) is 3.99. The summed E-state index contributed by atoms with van der Waals surface area (Å²) in [4.78, 5) is 11.6. The van der Waals surface area contributed by atoms with Crippen molar-refractivity contribution in [3.63, 3.8) is 0 Å². The van der Waals surface area contributed by atoms with E-state index in [0.29, 0.717) is 17.8 Å². The fraction of sp³-hybridized carbons (Fsp3) is 0.353. The van der Waals surface area contributed by atoms with Crippen molar-refractivity contribution in [2.24, 2.45) is 0 Å². The molecule has 3 rings (SSSR count). The van der Waals surface area contributed by atoms with Crippen LogP contribution in [0.1, 0.15) is 12.5 Å². The van der Waals surface area contributed by atoms with Crippen LogP contribution >= 0.6 is 0 Å². The smallest absolute Gasteiger partial charge is 0.336 e. The first-order valence-corrected chi connectivity index (χ1v) is 7.45. The molecule has 2 aromatic rings. The molecule has 0 spiro atoms. The highest BCUT2D eigenvalue weighted by Crippen LogP contribution is 2.26. The van der Waals surface area contributed by atoms with Crippen molar-refractivity contribution in [1.82, 2.24) is 0 Å². The van der Waals surface area contributed by atoms with E-state index in [4.69, 9.17) is 9.15 Å². The van der Waals surface area contributed by atoms with Gasteiger partial charge in [-0.2, -0.15) is 0 Å². The lowest BCUT2D eigenvalue weighted by atomic mass is 9.96. The van der Waals surface area contributed by atoms with Crippen LogP contribution in [-0.2, 0) is 6.42 Å². The number of fused-ring (bicyclic) bond motifs is 1. The summed E-state index contributed by atoms with van der Waals surface area (Å²) in [6.45, 7) is 1.95. The molecule has 0 radical (unpaired) electrons. The monoisotopic (exact) mass is 318 g/mol. The molecule has 0 aliphatic heterocycles. The molecule has 1 aromatic heterocycles. The lowest BCUT2D eigenvalue weighted by Gasteiger charge is -2.31. The van der Waals surface area contributed by atoms with Gasteiger partial charge in [-0.3, -0.25) is 0 Å². The number of hydrogen-bond donors (Lipinski definition) is 3. The minimum atomic E-state index is -1.31. The van der Waals surface area contributed by atoms with Crippen molar-refractivity contribution in [2.75, 3.05) is 0 Å². The van der Waals surface area contributed by atoms with Gasteiger partial charge in [-0.25, -0.2) is 4.79 Å². The Balaban J connectivity index is 1.92. The molecule has 23 heavy (non-hydrogen) atoms. The van der Waals surface area contributed by atoms with Crippen LogP contribution in [0, 0.1) is 0 Å². The number of aryl methyl sites for hydroxylation is 1. The van der Waals surface area contributed by atoms with Gasteiger partial charge in [0.2, 0.25) is 0 Å². The number of benzene rings is 1. The average Bonchev–Trinajstić information content (AvgIpc) is 2.54. The van der Waals surface area contributed by atoms with Gasteiger partial charge in [-0.1, -0.05) is 13.0 Å². The molecule has 6 heteroatoms. The largest absolute Gasteiger partial charge is 0.483 e. The van der Waals surface area contributed by atoms with Gasteiger partial charge in [0.15, 0.2) is 0 Å². The zero-order chi connectivity index (χ0) is 16.6. The zero-order valence-electron chi connectivity index (χ0n) is 12.5. The van der Waals surface area contributed by atoms with Gasteiger partial charge in [-0.15, -0.1) is 0 Å². The number of rotatable bonds is 3. The van der Waals surface area contributed by atoms with Crippen molar-refractivity contribution in [3.8, 4) is 5.75 Å². The van der Waals surface area contributed by atoms with Crippen molar-refractivity contribution in [1.29, 1.82) is 0 Å². The molecule has 1 aliphatic rings. The van der Waals surface area contributed by atoms with Gasteiger partial charge in [0, 0.05) is 17.5 Å². The highest BCUT2D eigenvalue weighted by Gasteiger charge is 2.34. The minimum absolute atomic E-state index is 0.395. The average molecular weight is 318 g/mol. The Hall–Kier alpha value is -2.15. The maximum Gasteiger partial charge on any atom is 0.336 e. The van der Waals surface area contributed by atoms with Crippen LogP contribution in [0.25, 0.3) is 11.0 Å². The zero-order valence-corrected chi connectivity index (χ0v) is 12.5. The highest BCUT2D eigenvalue weighted by atomic mass is 16.5. The molecule has 1 heterocycles. The summed E-state index contributed by atoms with van der Waals surface area (Å²) in [6.07, 6.45) is -0.909. The van der Waals surface area contributed by atoms with E-state index >= 15 is 0 Å². The van der Waals surface area contributed by atoms with E-state index in [-0.39, 0.29) is 0 Å². The van der Waals surface area contributed by atoms with E-state index in [1.54, 1.807) is 18.2 Å². The molecular formula is C17H18O6. The Labute approximate surface area is 132 Å². The Bertz CT molecular complexity index is 793. The van der Waals surface area contributed by atoms with Crippen LogP contribution in [0.4, 0.5) is 0 Å². The molecule has 4 atom stereocenters. The molecule has 0 amide bonds. The molecule has 0 saturated carbocycles. The van der Waals surface area contributed by atoms with Crippen LogP contribution in [0.3, 0.4) is 0 Å². The Kier molecular flexibility index (Phi) is 4.21. The quantitative estimate of drug-likeness (QED) is 0.570. The molecule has 3 N–H and O–H groups in total. The number of aliphatic hydroxyl groups excluding tert-OH is 3. The predicted molar refractivity (Wildman–Crippen MR) is 83.4 cm³/mol. The lowest BCUT2D eigenvalue weighted by Crippen LogP contribution is -2.48. The van der Waals surface area contributed by atoms with Gasteiger partial charge >= 0.3 is 5.63 Å². The molecule has 1 aliphatic carbocycles. The summed E-state index contributed by atoms with van der Waals surface area (Å²) < 4.78 is 10.8. The summed E-state index contributed by atoms with van der Waals surface area (Å²) in [7, 11) is 0. The summed E-state index contributed by atoms with van der Waals surface area (Å²) in [5, 5.41) is 29.9. The van der Waals surface area contributed by atoms with Crippen molar-refractivity contribution < 1.29 is 24.5 Å². The SMILES string of the molecule is CCc1cc(=O)oc2cc(OC3C=CC(O)C(O)C3O)ccc12.